The number of likely N-dealkylation sites (tertiary alicyclic amines) is 1. The van der Waals surface area contributed by atoms with Gasteiger partial charge in [-0.05, 0) is 82.0 Å². The van der Waals surface area contributed by atoms with Crippen LogP contribution in [0.15, 0.2) is 0 Å². The summed E-state index contributed by atoms with van der Waals surface area (Å²) in [5.41, 5.74) is -0.264. The van der Waals surface area contributed by atoms with Crippen molar-refractivity contribution in [3.8, 4) is 0 Å². The molecule has 4 fully saturated rings. The highest BCUT2D eigenvalue weighted by Crippen LogP contribution is 2.48. The van der Waals surface area contributed by atoms with Crippen LogP contribution in [0.5, 0.6) is 0 Å². The number of amides is 2. The van der Waals surface area contributed by atoms with E-state index in [1.54, 1.807) is 18.9 Å². The Hall–Kier alpha value is -1.52. The van der Waals surface area contributed by atoms with Crippen molar-refractivity contribution in [2.75, 3.05) is 26.7 Å². The second-order valence-electron chi connectivity index (χ2n) is 14.1. The number of halogens is 6. The van der Waals surface area contributed by atoms with Gasteiger partial charge in [0.1, 0.15) is 0 Å². The third-order valence-corrected chi connectivity index (χ3v) is 11.2. The van der Waals surface area contributed by atoms with E-state index in [2.05, 4.69) is 10.2 Å². The van der Waals surface area contributed by atoms with E-state index in [1.807, 2.05) is 0 Å². The molecule has 1 aliphatic heterocycles. The zero-order chi connectivity index (χ0) is 31.4. The molecule has 2 amide bonds. The highest BCUT2D eigenvalue weighted by molar-refractivity contribution is 5.82. The van der Waals surface area contributed by atoms with Gasteiger partial charge in [0.25, 0.3) is 0 Å². The van der Waals surface area contributed by atoms with Crippen molar-refractivity contribution >= 4 is 11.8 Å². The molecule has 43 heavy (non-hydrogen) atoms. The van der Waals surface area contributed by atoms with Crippen LogP contribution >= 0.6 is 0 Å². The van der Waals surface area contributed by atoms with Crippen LogP contribution in [0.2, 0.25) is 0 Å². The molecule has 1 N–H and O–H groups in total. The van der Waals surface area contributed by atoms with E-state index >= 15 is 0 Å². The van der Waals surface area contributed by atoms with Gasteiger partial charge >= 0.3 is 12.4 Å². The molecular formula is C32H51F6N3O2. The molecule has 3 unspecified atom stereocenters. The Labute approximate surface area is 252 Å². The van der Waals surface area contributed by atoms with Gasteiger partial charge in [0.05, 0.1) is 17.9 Å². The number of likely N-dealkylation sites (N-methyl/N-ethyl adjacent to an activating group) is 1. The van der Waals surface area contributed by atoms with Crippen LogP contribution in [0.25, 0.3) is 0 Å². The molecule has 11 heteroatoms. The van der Waals surface area contributed by atoms with E-state index < -0.39 is 36.5 Å². The Morgan fingerprint density at radius 1 is 0.837 bits per heavy atom. The van der Waals surface area contributed by atoms with Gasteiger partial charge in [0.2, 0.25) is 11.8 Å². The molecule has 0 aromatic rings. The number of nitrogens with one attached hydrogen (secondary N) is 1. The molecule has 4 aliphatic rings. The molecule has 0 aromatic heterocycles. The molecule has 0 radical (unpaired) electrons. The van der Waals surface area contributed by atoms with Crippen molar-refractivity contribution in [2.45, 2.75) is 134 Å². The van der Waals surface area contributed by atoms with Gasteiger partial charge in [-0.2, -0.15) is 26.3 Å². The van der Waals surface area contributed by atoms with Crippen molar-refractivity contribution in [3.63, 3.8) is 0 Å². The minimum Gasteiger partial charge on any atom is -0.351 e. The van der Waals surface area contributed by atoms with Crippen LogP contribution in [0.3, 0.4) is 0 Å². The zero-order valence-electron chi connectivity index (χ0n) is 25.9. The monoisotopic (exact) mass is 623 g/mol. The first-order chi connectivity index (χ1) is 20.2. The maximum absolute atomic E-state index is 14.1. The van der Waals surface area contributed by atoms with E-state index in [4.69, 9.17) is 0 Å². The average Bonchev–Trinajstić information content (AvgIpc) is 2.96. The maximum atomic E-state index is 14.1. The van der Waals surface area contributed by atoms with Gasteiger partial charge in [-0.15, -0.1) is 0 Å². The summed E-state index contributed by atoms with van der Waals surface area (Å²) >= 11 is 0. The van der Waals surface area contributed by atoms with Gasteiger partial charge < -0.3 is 10.2 Å². The standard InChI is InChI=1S/C32H51F6N3O2/c1-22(42)39-30(25-11-7-4-8-12-25)14-17-41(18-15-30)28(24-9-5-3-6-10-24)29(43)40(2)16-13-23-19-26(31(33,34)35)21-27(20-23)32(36,37)38/h23-28H,3-21H2,1-2H3,(H,39,42). The van der Waals surface area contributed by atoms with Crippen LogP contribution < -0.4 is 5.32 Å². The topological polar surface area (TPSA) is 52.7 Å². The van der Waals surface area contributed by atoms with Crippen LogP contribution in [-0.2, 0) is 9.59 Å². The third kappa shape index (κ3) is 8.81. The number of carbonyl (C=O) groups excluding carboxylic acids is 2. The summed E-state index contributed by atoms with van der Waals surface area (Å²) in [6, 6.07) is -0.357. The van der Waals surface area contributed by atoms with Crippen molar-refractivity contribution in [1.29, 1.82) is 0 Å². The maximum Gasteiger partial charge on any atom is 0.391 e. The summed E-state index contributed by atoms with van der Waals surface area (Å²) < 4.78 is 81.0. The number of carbonyl (C=O) groups is 2. The number of piperidine rings is 1. The summed E-state index contributed by atoms with van der Waals surface area (Å²) in [6.07, 6.45) is 1.66. The van der Waals surface area contributed by atoms with Crippen LogP contribution in [-0.4, -0.2) is 72.2 Å². The quantitative estimate of drug-likeness (QED) is 0.285. The molecule has 3 saturated carbocycles. The fourth-order valence-corrected chi connectivity index (χ4v) is 8.87. The first-order valence-electron chi connectivity index (χ1n) is 16.6. The van der Waals surface area contributed by atoms with Crippen molar-refractivity contribution in [2.24, 2.45) is 29.6 Å². The lowest BCUT2D eigenvalue weighted by atomic mass is 9.69. The van der Waals surface area contributed by atoms with Gasteiger partial charge in [-0.1, -0.05) is 38.5 Å². The van der Waals surface area contributed by atoms with E-state index in [0.717, 1.165) is 70.6 Å². The van der Waals surface area contributed by atoms with Gasteiger partial charge in [-0.3, -0.25) is 14.5 Å². The highest BCUT2D eigenvalue weighted by atomic mass is 19.4. The van der Waals surface area contributed by atoms with Crippen molar-refractivity contribution < 1.29 is 35.9 Å². The van der Waals surface area contributed by atoms with E-state index in [0.29, 0.717) is 19.0 Å². The predicted molar refractivity (Wildman–Crippen MR) is 153 cm³/mol. The lowest BCUT2D eigenvalue weighted by molar-refractivity contribution is -0.229. The molecule has 3 atom stereocenters. The molecule has 0 aromatic carbocycles. The lowest BCUT2D eigenvalue weighted by Gasteiger charge is -2.51. The fourth-order valence-electron chi connectivity index (χ4n) is 8.87. The molecular weight excluding hydrogens is 572 g/mol. The number of nitrogens with zero attached hydrogens (tertiary/aromatic N) is 2. The summed E-state index contributed by atoms with van der Waals surface area (Å²) in [5.74, 6) is -4.17. The Bertz CT molecular complexity index is 899. The smallest absolute Gasteiger partial charge is 0.351 e. The van der Waals surface area contributed by atoms with E-state index in [-0.39, 0.29) is 55.1 Å². The first kappa shape index (κ1) is 34.4. The Kier molecular flexibility index (Phi) is 11.4. The van der Waals surface area contributed by atoms with Crippen LogP contribution in [0.1, 0.15) is 110 Å². The molecule has 248 valence electrons. The molecule has 0 spiro atoms. The van der Waals surface area contributed by atoms with Crippen molar-refractivity contribution in [3.05, 3.63) is 0 Å². The SMILES string of the molecule is CC(=O)NC1(C2CCCCC2)CCN(C(C(=O)N(C)CCC2CC(C(F)(F)F)CC(C(F)(F)F)C2)C2CCCCC2)CC1. The normalized spacial score (nSPS) is 29.2. The Morgan fingerprint density at radius 3 is 1.84 bits per heavy atom. The Morgan fingerprint density at radius 2 is 1.35 bits per heavy atom. The second kappa shape index (κ2) is 14.3. The molecule has 1 heterocycles. The number of rotatable bonds is 8. The first-order valence-corrected chi connectivity index (χ1v) is 16.6. The van der Waals surface area contributed by atoms with Gasteiger partial charge in [0.15, 0.2) is 0 Å². The average molecular weight is 624 g/mol. The fraction of sp³-hybridized carbons (Fsp3) is 0.938. The van der Waals surface area contributed by atoms with E-state index in [1.165, 1.54) is 6.42 Å². The van der Waals surface area contributed by atoms with E-state index in [9.17, 15) is 35.9 Å². The highest BCUT2D eigenvalue weighted by Gasteiger charge is 2.52. The lowest BCUT2D eigenvalue weighted by Crippen LogP contribution is -2.62. The second-order valence-corrected chi connectivity index (χ2v) is 14.1. The minimum atomic E-state index is -4.66. The number of alkyl halides is 6. The molecule has 3 aliphatic carbocycles. The number of hydrogen-bond acceptors (Lipinski definition) is 3. The van der Waals surface area contributed by atoms with Crippen molar-refractivity contribution in [1.82, 2.24) is 15.1 Å². The Balaban J connectivity index is 1.44. The summed E-state index contributed by atoms with van der Waals surface area (Å²) in [4.78, 5) is 30.1. The summed E-state index contributed by atoms with van der Waals surface area (Å²) in [7, 11) is 1.65. The third-order valence-electron chi connectivity index (χ3n) is 11.2. The van der Waals surface area contributed by atoms with Gasteiger partial charge in [-0.25, -0.2) is 0 Å². The zero-order valence-corrected chi connectivity index (χ0v) is 25.9. The molecule has 1 saturated heterocycles. The summed E-state index contributed by atoms with van der Waals surface area (Å²) in [5, 5.41) is 3.32. The summed E-state index contributed by atoms with van der Waals surface area (Å²) in [6.45, 7) is 3.08. The molecule has 5 nitrogen and oxygen atoms in total. The minimum absolute atomic E-state index is 0.0260. The van der Waals surface area contributed by atoms with Crippen LogP contribution in [0.4, 0.5) is 26.3 Å². The number of hydrogen-bond donors (Lipinski definition) is 1. The predicted octanol–water partition coefficient (Wildman–Crippen LogP) is 7.49. The molecule has 0 bridgehead atoms. The molecule has 4 rings (SSSR count). The van der Waals surface area contributed by atoms with Gasteiger partial charge in [0, 0.05) is 39.1 Å². The van der Waals surface area contributed by atoms with Crippen LogP contribution in [0, 0.1) is 29.6 Å². The largest absolute Gasteiger partial charge is 0.391 e.